The van der Waals surface area contributed by atoms with Crippen molar-refractivity contribution in [3.63, 3.8) is 0 Å². The Labute approximate surface area is 108 Å². The Morgan fingerprint density at radius 3 is 3.06 bits per heavy atom. The van der Waals surface area contributed by atoms with Crippen LogP contribution in [0.4, 0.5) is 4.79 Å². The normalized spacial score (nSPS) is 18.9. The third-order valence-electron chi connectivity index (χ3n) is 2.63. The smallest absolute Gasteiger partial charge is 0.327 e. The van der Waals surface area contributed by atoms with Crippen molar-refractivity contribution in [2.24, 2.45) is 7.05 Å². The molecule has 0 bridgehead atoms. The average molecular weight is 270 g/mol. The Morgan fingerprint density at radius 1 is 1.67 bits per heavy atom. The number of carboxylic acids is 1. The zero-order chi connectivity index (χ0) is 13.1. The summed E-state index contributed by atoms with van der Waals surface area (Å²) in [6.07, 6.45) is 3.46. The first-order valence-corrected chi connectivity index (χ1v) is 6.56. The first kappa shape index (κ1) is 12.7. The molecule has 1 aromatic rings. The SMILES string of the molecule is Cn1cc(CNC(=O)N2CSC[C@H]2C(=O)O)cn1. The minimum absolute atomic E-state index is 0.347. The number of aromatic nitrogens is 2. The molecule has 0 unspecified atom stereocenters. The number of hydrogen-bond donors (Lipinski definition) is 2. The van der Waals surface area contributed by atoms with Gasteiger partial charge in [-0.25, -0.2) is 9.59 Å². The van der Waals surface area contributed by atoms with E-state index in [0.717, 1.165) is 5.56 Å². The molecule has 0 saturated carbocycles. The molecule has 2 amide bonds. The molecule has 1 fully saturated rings. The van der Waals surface area contributed by atoms with Crippen LogP contribution in [0.2, 0.25) is 0 Å². The van der Waals surface area contributed by atoms with Crippen LogP contribution in [0.1, 0.15) is 5.56 Å². The predicted octanol–water partition coefficient (Wildman–Crippen LogP) is 0.0892. The predicted molar refractivity (Wildman–Crippen MR) is 66.0 cm³/mol. The van der Waals surface area contributed by atoms with Crippen LogP contribution in [-0.2, 0) is 18.4 Å². The molecule has 1 atom stereocenters. The molecule has 18 heavy (non-hydrogen) atoms. The van der Waals surface area contributed by atoms with Crippen molar-refractivity contribution >= 4 is 23.8 Å². The highest BCUT2D eigenvalue weighted by atomic mass is 32.2. The van der Waals surface area contributed by atoms with Gasteiger partial charge in [-0.3, -0.25) is 4.68 Å². The molecule has 2 N–H and O–H groups in total. The molecule has 0 radical (unpaired) electrons. The topological polar surface area (TPSA) is 87.5 Å². The van der Waals surface area contributed by atoms with Gasteiger partial charge in [-0.2, -0.15) is 5.10 Å². The fraction of sp³-hybridized carbons (Fsp3) is 0.500. The maximum absolute atomic E-state index is 11.9. The summed E-state index contributed by atoms with van der Waals surface area (Å²) in [6.45, 7) is 0.347. The van der Waals surface area contributed by atoms with Crippen molar-refractivity contribution in [1.29, 1.82) is 0 Å². The van der Waals surface area contributed by atoms with Crippen LogP contribution >= 0.6 is 11.8 Å². The number of carbonyl (C=O) groups is 2. The minimum atomic E-state index is -0.962. The van der Waals surface area contributed by atoms with E-state index in [1.807, 2.05) is 0 Å². The Bertz CT molecular complexity index is 462. The van der Waals surface area contributed by atoms with Gasteiger partial charge in [-0.15, -0.1) is 11.8 Å². The molecule has 2 rings (SSSR count). The third-order valence-corrected chi connectivity index (χ3v) is 3.64. The van der Waals surface area contributed by atoms with Gasteiger partial charge in [0.25, 0.3) is 0 Å². The monoisotopic (exact) mass is 270 g/mol. The first-order chi connectivity index (χ1) is 8.58. The maximum atomic E-state index is 11.9. The molecule has 0 spiro atoms. The number of nitrogens with one attached hydrogen (secondary N) is 1. The summed E-state index contributed by atoms with van der Waals surface area (Å²) in [5, 5.41) is 15.7. The Morgan fingerprint density at radius 2 is 2.44 bits per heavy atom. The van der Waals surface area contributed by atoms with Crippen LogP contribution in [0, 0.1) is 0 Å². The summed E-state index contributed by atoms with van der Waals surface area (Å²) < 4.78 is 1.65. The van der Waals surface area contributed by atoms with E-state index in [4.69, 9.17) is 5.11 Å². The molecule has 7 nitrogen and oxygen atoms in total. The van der Waals surface area contributed by atoms with Gasteiger partial charge in [0.2, 0.25) is 0 Å². The lowest BCUT2D eigenvalue weighted by Gasteiger charge is -2.20. The molecule has 98 valence electrons. The molecule has 8 heteroatoms. The molecular formula is C10H14N4O3S. The maximum Gasteiger partial charge on any atom is 0.327 e. The summed E-state index contributed by atoms with van der Waals surface area (Å²) >= 11 is 1.44. The van der Waals surface area contributed by atoms with E-state index in [1.165, 1.54) is 16.7 Å². The molecule has 2 heterocycles. The van der Waals surface area contributed by atoms with Crippen molar-refractivity contribution in [3.05, 3.63) is 18.0 Å². The summed E-state index contributed by atoms with van der Waals surface area (Å²) in [6, 6.07) is -1.08. The summed E-state index contributed by atoms with van der Waals surface area (Å²) in [5.74, 6) is -0.109. The Hall–Kier alpha value is -1.70. The van der Waals surface area contributed by atoms with E-state index < -0.39 is 12.0 Å². The van der Waals surface area contributed by atoms with Crippen LogP contribution in [0.5, 0.6) is 0 Å². The number of aryl methyl sites for hydroxylation is 1. The second-order valence-electron chi connectivity index (χ2n) is 4.00. The van der Waals surface area contributed by atoms with Gasteiger partial charge in [-0.1, -0.05) is 0 Å². The summed E-state index contributed by atoms with van der Waals surface area (Å²) in [4.78, 5) is 24.1. The largest absolute Gasteiger partial charge is 0.480 e. The van der Waals surface area contributed by atoms with E-state index in [2.05, 4.69) is 10.4 Å². The van der Waals surface area contributed by atoms with Gasteiger partial charge in [-0.05, 0) is 0 Å². The third kappa shape index (κ3) is 2.76. The number of hydrogen-bond acceptors (Lipinski definition) is 4. The number of aliphatic carboxylic acids is 1. The minimum Gasteiger partial charge on any atom is -0.480 e. The van der Waals surface area contributed by atoms with Gasteiger partial charge in [0.05, 0.1) is 12.1 Å². The highest BCUT2D eigenvalue weighted by Crippen LogP contribution is 2.20. The fourth-order valence-corrected chi connectivity index (χ4v) is 2.83. The van der Waals surface area contributed by atoms with E-state index in [-0.39, 0.29) is 6.03 Å². The second kappa shape index (κ2) is 5.30. The molecule has 0 aliphatic carbocycles. The van der Waals surface area contributed by atoms with Gasteiger partial charge in [0.15, 0.2) is 0 Å². The molecule has 1 aliphatic heterocycles. The molecule has 1 aliphatic rings. The Kier molecular flexibility index (Phi) is 3.75. The van der Waals surface area contributed by atoms with Crippen LogP contribution in [0.25, 0.3) is 0 Å². The van der Waals surface area contributed by atoms with Gasteiger partial charge in [0, 0.05) is 31.1 Å². The van der Waals surface area contributed by atoms with Crippen molar-refractivity contribution in [2.45, 2.75) is 12.6 Å². The molecule has 1 aromatic heterocycles. The van der Waals surface area contributed by atoms with Crippen LogP contribution in [0.15, 0.2) is 12.4 Å². The zero-order valence-corrected chi connectivity index (χ0v) is 10.7. The van der Waals surface area contributed by atoms with E-state index in [9.17, 15) is 9.59 Å². The standard InChI is InChI=1S/C10H14N4O3S/c1-13-4-7(3-12-13)2-11-10(17)14-6-18-5-8(14)9(15)16/h3-4,8H,2,5-6H2,1H3,(H,11,17)(H,15,16)/t8-/m0/s1. The van der Waals surface area contributed by atoms with Crippen LogP contribution in [0.3, 0.4) is 0 Å². The molecule has 0 aromatic carbocycles. The highest BCUT2D eigenvalue weighted by Gasteiger charge is 2.34. The molecule has 1 saturated heterocycles. The summed E-state index contributed by atoms with van der Waals surface area (Å²) in [5.41, 5.74) is 0.879. The molecular weight excluding hydrogens is 256 g/mol. The lowest BCUT2D eigenvalue weighted by atomic mass is 10.3. The summed E-state index contributed by atoms with van der Waals surface area (Å²) in [7, 11) is 1.79. The van der Waals surface area contributed by atoms with Gasteiger partial charge in [0.1, 0.15) is 6.04 Å². The van der Waals surface area contributed by atoms with E-state index in [0.29, 0.717) is 18.2 Å². The second-order valence-corrected chi connectivity index (χ2v) is 5.00. The lowest BCUT2D eigenvalue weighted by molar-refractivity contribution is -0.140. The average Bonchev–Trinajstić information content (AvgIpc) is 2.94. The highest BCUT2D eigenvalue weighted by molar-refractivity contribution is 7.99. The quantitative estimate of drug-likeness (QED) is 0.812. The van der Waals surface area contributed by atoms with Crippen molar-refractivity contribution in [3.8, 4) is 0 Å². The van der Waals surface area contributed by atoms with Crippen LogP contribution in [-0.4, -0.2) is 49.5 Å². The van der Waals surface area contributed by atoms with Crippen molar-refractivity contribution in [1.82, 2.24) is 20.0 Å². The first-order valence-electron chi connectivity index (χ1n) is 5.40. The number of carbonyl (C=O) groups excluding carboxylic acids is 1. The number of nitrogens with zero attached hydrogens (tertiary/aromatic N) is 3. The number of carboxylic acid groups (broad SMARTS) is 1. The number of thioether (sulfide) groups is 1. The fourth-order valence-electron chi connectivity index (χ4n) is 1.69. The van der Waals surface area contributed by atoms with E-state index >= 15 is 0 Å². The lowest BCUT2D eigenvalue weighted by Crippen LogP contribution is -2.46. The Balaban J connectivity index is 1.89. The number of rotatable bonds is 3. The van der Waals surface area contributed by atoms with Crippen molar-refractivity contribution < 1.29 is 14.7 Å². The number of amides is 2. The van der Waals surface area contributed by atoms with Gasteiger partial charge < -0.3 is 15.3 Å². The van der Waals surface area contributed by atoms with Crippen molar-refractivity contribution in [2.75, 3.05) is 11.6 Å². The van der Waals surface area contributed by atoms with E-state index in [1.54, 1.807) is 24.1 Å². The van der Waals surface area contributed by atoms with Gasteiger partial charge >= 0.3 is 12.0 Å². The van der Waals surface area contributed by atoms with Crippen LogP contribution < -0.4 is 5.32 Å². The zero-order valence-electron chi connectivity index (χ0n) is 9.87. The number of urea groups is 1.